The number of carbonyl (C=O) groups excluding carboxylic acids is 2. The first-order valence-corrected chi connectivity index (χ1v) is 9.81. The van der Waals surface area contributed by atoms with Crippen LogP contribution in [-0.2, 0) is 9.59 Å². The largest absolute Gasteiger partial charge is 0.346 e. The maximum atomic E-state index is 12.5. The topological polar surface area (TPSA) is 102 Å². The van der Waals surface area contributed by atoms with Crippen LogP contribution in [0.5, 0.6) is 0 Å². The number of carbonyl (C=O) groups is 2. The van der Waals surface area contributed by atoms with Crippen molar-refractivity contribution in [2.24, 2.45) is 17.8 Å². The highest BCUT2D eigenvalue weighted by Gasteiger charge is 2.45. The molecule has 2 fully saturated rings. The molecular formula is C21H21N5O2. The van der Waals surface area contributed by atoms with Gasteiger partial charge in [-0.1, -0.05) is 6.08 Å². The van der Waals surface area contributed by atoms with Gasteiger partial charge < -0.3 is 15.2 Å². The summed E-state index contributed by atoms with van der Waals surface area (Å²) in [5, 5.41) is 12.9. The van der Waals surface area contributed by atoms with Crippen molar-refractivity contribution in [3.63, 3.8) is 0 Å². The molecule has 2 saturated carbocycles. The van der Waals surface area contributed by atoms with Crippen molar-refractivity contribution in [2.45, 2.75) is 25.7 Å². The lowest BCUT2D eigenvalue weighted by Crippen LogP contribution is -2.36. The van der Waals surface area contributed by atoms with Crippen molar-refractivity contribution >= 4 is 34.2 Å². The number of nitrogens with zero attached hydrogens (tertiary/aromatic N) is 3. The summed E-state index contributed by atoms with van der Waals surface area (Å²) < 4.78 is 0. The Bertz CT molecular complexity index is 1040. The molecule has 142 valence electrons. The highest BCUT2D eigenvalue weighted by Crippen LogP contribution is 2.40. The molecule has 2 aromatic rings. The number of aromatic amines is 1. The highest BCUT2D eigenvalue weighted by atomic mass is 16.2. The van der Waals surface area contributed by atoms with Crippen LogP contribution in [0.1, 0.15) is 31.2 Å². The van der Waals surface area contributed by atoms with Gasteiger partial charge in [-0.05, 0) is 49.0 Å². The van der Waals surface area contributed by atoms with E-state index in [0.717, 1.165) is 41.4 Å². The predicted molar refractivity (Wildman–Crippen MR) is 104 cm³/mol. The molecule has 0 aromatic carbocycles. The Morgan fingerprint density at radius 2 is 2.21 bits per heavy atom. The maximum absolute atomic E-state index is 12.5. The fourth-order valence-electron chi connectivity index (χ4n) is 3.90. The van der Waals surface area contributed by atoms with Gasteiger partial charge in [0.15, 0.2) is 0 Å². The number of rotatable bonds is 4. The summed E-state index contributed by atoms with van der Waals surface area (Å²) in [6, 6.07) is 6.11. The second-order valence-corrected chi connectivity index (χ2v) is 7.90. The summed E-state index contributed by atoms with van der Waals surface area (Å²) in [4.78, 5) is 34.1. The SMILES string of the molecule is N#C[C@H]1C[C@H]1C(=O)N1CC=C(c2cc(NC(=O)C3CC3)nc3[nH]ccc23)CC1. The predicted octanol–water partition coefficient (Wildman–Crippen LogP) is 2.69. The Labute approximate surface area is 162 Å². The minimum absolute atomic E-state index is 0.0373. The van der Waals surface area contributed by atoms with E-state index in [1.54, 1.807) is 0 Å². The number of amides is 2. The second-order valence-electron chi connectivity index (χ2n) is 7.90. The van der Waals surface area contributed by atoms with Gasteiger partial charge in [0.25, 0.3) is 0 Å². The van der Waals surface area contributed by atoms with E-state index in [2.05, 4.69) is 27.4 Å². The van der Waals surface area contributed by atoms with E-state index in [1.807, 2.05) is 23.2 Å². The molecule has 28 heavy (non-hydrogen) atoms. The third-order valence-electron chi connectivity index (χ3n) is 5.87. The third-order valence-corrected chi connectivity index (χ3v) is 5.87. The van der Waals surface area contributed by atoms with Crippen molar-refractivity contribution in [1.29, 1.82) is 5.26 Å². The van der Waals surface area contributed by atoms with Crippen molar-refractivity contribution in [3.8, 4) is 6.07 Å². The van der Waals surface area contributed by atoms with E-state index in [4.69, 9.17) is 5.26 Å². The zero-order chi connectivity index (χ0) is 19.3. The van der Waals surface area contributed by atoms with Gasteiger partial charge in [0, 0.05) is 30.6 Å². The first-order chi connectivity index (χ1) is 13.6. The average Bonchev–Trinajstić information content (AvgIpc) is 3.63. The summed E-state index contributed by atoms with van der Waals surface area (Å²) in [5.41, 5.74) is 2.95. The molecular weight excluding hydrogens is 354 g/mol. The number of aromatic nitrogens is 2. The zero-order valence-corrected chi connectivity index (χ0v) is 15.4. The number of nitriles is 1. The van der Waals surface area contributed by atoms with Crippen molar-refractivity contribution in [1.82, 2.24) is 14.9 Å². The van der Waals surface area contributed by atoms with Crippen LogP contribution in [0.4, 0.5) is 5.82 Å². The minimum atomic E-state index is -0.110. The summed E-state index contributed by atoms with van der Waals surface area (Å²) in [7, 11) is 0. The summed E-state index contributed by atoms with van der Waals surface area (Å²) in [6.45, 7) is 1.21. The van der Waals surface area contributed by atoms with Crippen molar-refractivity contribution in [2.75, 3.05) is 18.4 Å². The Balaban J connectivity index is 1.38. The van der Waals surface area contributed by atoms with Gasteiger partial charge in [-0.3, -0.25) is 9.59 Å². The number of hydrogen-bond acceptors (Lipinski definition) is 4. The lowest BCUT2D eigenvalue weighted by Gasteiger charge is -2.27. The summed E-state index contributed by atoms with van der Waals surface area (Å²) >= 11 is 0. The van der Waals surface area contributed by atoms with Crippen LogP contribution in [0.25, 0.3) is 16.6 Å². The van der Waals surface area contributed by atoms with Crippen LogP contribution in [0, 0.1) is 29.1 Å². The average molecular weight is 375 g/mol. The Morgan fingerprint density at radius 1 is 1.36 bits per heavy atom. The first kappa shape index (κ1) is 17.0. The highest BCUT2D eigenvalue weighted by molar-refractivity contribution is 5.97. The summed E-state index contributed by atoms with van der Waals surface area (Å²) in [6.07, 6.45) is 7.27. The van der Waals surface area contributed by atoms with Crippen LogP contribution in [0.3, 0.4) is 0 Å². The van der Waals surface area contributed by atoms with Gasteiger partial charge in [0.1, 0.15) is 11.5 Å². The third kappa shape index (κ3) is 3.05. The first-order valence-electron chi connectivity index (χ1n) is 9.81. The Kier molecular flexibility index (Phi) is 3.93. The lowest BCUT2D eigenvalue weighted by atomic mass is 9.97. The van der Waals surface area contributed by atoms with Gasteiger partial charge in [-0.15, -0.1) is 0 Å². The summed E-state index contributed by atoms with van der Waals surface area (Å²) in [5.74, 6) is 0.612. The number of anilines is 1. The van der Waals surface area contributed by atoms with Crippen molar-refractivity contribution < 1.29 is 9.59 Å². The fraction of sp³-hybridized carbons (Fsp3) is 0.429. The molecule has 3 heterocycles. The number of H-pyrrole nitrogens is 1. The van der Waals surface area contributed by atoms with Crippen LogP contribution in [0.2, 0.25) is 0 Å². The Hall–Kier alpha value is -3.14. The quantitative estimate of drug-likeness (QED) is 0.858. The standard InChI is InChI=1S/C21H21N5O2/c22-11-14-9-17(14)21(28)26-7-4-12(5-8-26)16-10-18(25-20(27)13-1-2-13)24-19-15(16)3-6-23-19/h3-4,6,10,13-14,17H,1-2,5,7-9H2,(H2,23,24,25,27)/t14-,17-/m1/s1. The fourth-order valence-corrected chi connectivity index (χ4v) is 3.90. The number of hydrogen-bond donors (Lipinski definition) is 2. The molecule has 0 bridgehead atoms. The van der Waals surface area contributed by atoms with Gasteiger partial charge in [-0.2, -0.15) is 5.26 Å². The number of fused-ring (bicyclic) bond motifs is 1. The normalized spacial score (nSPS) is 23.8. The van der Waals surface area contributed by atoms with Crippen LogP contribution in [-0.4, -0.2) is 39.8 Å². The van der Waals surface area contributed by atoms with E-state index in [0.29, 0.717) is 25.3 Å². The van der Waals surface area contributed by atoms with Gasteiger partial charge in [0.05, 0.1) is 17.9 Å². The van der Waals surface area contributed by atoms with E-state index in [9.17, 15) is 9.59 Å². The maximum Gasteiger partial charge on any atom is 0.228 e. The van der Waals surface area contributed by atoms with E-state index >= 15 is 0 Å². The molecule has 0 saturated heterocycles. The Morgan fingerprint density at radius 3 is 2.89 bits per heavy atom. The van der Waals surface area contributed by atoms with E-state index < -0.39 is 0 Å². The van der Waals surface area contributed by atoms with Gasteiger partial charge in [0.2, 0.25) is 11.8 Å². The molecule has 3 aliphatic rings. The molecule has 0 radical (unpaired) electrons. The van der Waals surface area contributed by atoms with Gasteiger partial charge in [-0.25, -0.2) is 4.98 Å². The number of nitrogens with one attached hydrogen (secondary N) is 2. The lowest BCUT2D eigenvalue weighted by molar-refractivity contribution is -0.132. The number of pyridine rings is 1. The molecule has 2 amide bonds. The molecule has 1 aliphatic heterocycles. The van der Waals surface area contributed by atoms with E-state index in [1.165, 1.54) is 0 Å². The molecule has 2 aliphatic carbocycles. The minimum Gasteiger partial charge on any atom is -0.346 e. The molecule has 7 nitrogen and oxygen atoms in total. The molecule has 2 aromatic heterocycles. The zero-order valence-electron chi connectivity index (χ0n) is 15.4. The van der Waals surface area contributed by atoms with Gasteiger partial charge >= 0.3 is 0 Å². The smallest absolute Gasteiger partial charge is 0.228 e. The molecule has 0 unspecified atom stereocenters. The molecule has 5 rings (SSSR count). The second kappa shape index (κ2) is 6.48. The molecule has 0 spiro atoms. The van der Waals surface area contributed by atoms with Crippen LogP contribution >= 0.6 is 0 Å². The monoisotopic (exact) mass is 375 g/mol. The molecule has 2 N–H and O–H groups in total. The van der Waals surface area contributed by atoms with Crippen molar-refractivity contribution in [3.05, 3.63) is 30.0 Å². The van der Waals surface area contributed by atoms with E-state index in [-0.39, 0.29) is 29.6 Å². The van der Waals surface area contributed by atoms with Crippen LogP contribution < -0.4 is 5.32 Å². The molecule has 7 heteroatoms. The molecule has 2 atom stereocenters. The van der Waals surface area contributed by atoms with Crippen LogP contribution in [0.15, 0.2) is 24.4 Å².